The molecule has 0 aromatic carbocycles. The third kappa shape index (κ3) is 18.3. The van der Waals surface area contributed by atoms with Crippen LogP contribution in [0.5, 0.6) is 0 Å². The molecule has 11 heavy (non-hydrogen) atoms. The molecule has 5 heteroatoms. The molecule has 0 aliphatic heterocycles. The number of halogens is 1. The van der Waals surface area contributed by atoms with E-state index in [1.54, 1.807) is 0 Å². The molecule has 0 aromatic heterocycles. The van der Waals surface area contributed by atoms with Gasteiger partial charge in [0.1, 0.15) is 0 Å². The molecule has 0 bridgehead atoms. The van der Waals surface area contributed by atoms with Crippen molar-refractivity contribution in [3.8, 4) is 0 Å². The smallest absolute Gasteiger partial charge is 0.384 e. The maximum Gasteiger partial charge on any atom is 2.00 e. The van der Waals surface area contributed by atoms with Crippen LogP contribution in [-0.4, -0.2) is 53.5 Å². The molecule has 0 aromatic rings. The molecule has 2 nitrogen and oxygen atoms in total. The van der Waals surface area contributed by atoms with E-state index in [9.17, 15) is 0 Å². The Bertz CT molecular complexity index is 53.8. The van der Waals surface area contributed by atoms with Crippen molar-refractivity contribution in [2.75, 3.05) is 13.2 Å². The number of rotatable bonds is 4. The largest absolute Gasteiger partial charge is 2.00 e. The Hall–Kier alpha value is 1.19. The van der Waals surface area contributed by atoms with Gasteiger partial charge in [-0.15, -0.1) is 12.4 Å². The van der Waals surface area contributed by atoms with Gasteiger partial charge in [0.2, 0.25) is 0 Å². The first-order valence-corrected chi connectivity index (χ1v) is 2.87. The van der Waals surface area contributed by atoms with Gasteiger partial charge in [-0.05, 0) is 13.8 Å². The van der Waals surface area contributed by atoms with Crippen molar-refractivity contribution in [2.24, 2.45) is 0 Å². The van der Waals surface area contributed by atoms with Crippen molar-refractivity contribution in [3.05, 3.63) is 6.92 Å². The quantitative estimate of drug-likeness (QED) is 0.370. The van der Waals surface area contributed by atoms with Crippen LogP contribution in [0.2, 0.25) is 0 Å². The van der Waals surface area contributed by atoms with E-state index in [1.807, 2.05) is 13.8 Å². The van der Waals surface area contributed by atoms with Crippen LogP contribution in [0, 0.1) is 6.92 Å². The molecule has 0 N–H and O–H groups in total. The van der Waals surface area contributed by atoms with Gasteiger partial charge < -0.3 is 20.4 Å². The van der Waals surface area contributed by atoms with E-state index in [-0.39, 0.29) is 52.7 Å². The van der Waals surface area contributed by atoms with Gasteiger partial charge >= 0.3 is 23.1 Å². The van der Waals surface area contributed by atoms with Crippen LogP contribution >= 0.6 is 12.4 Å². The normalized spacial score (nSPS) is 7.64. The molecule has 66 valence electrons. The summed E-state index contributed by atoms with van der Waals surface area (Å²) in [7, 11) is 0. The van der Waals surface area contributed by atoms with Crippen molar-refractivity contribution < 1.29 is 9.47 Å². The maximum atomic E-state index is 4.95. The first kappa shape index (κ1) is 22.8. The Morgan fingerprint density at radius 3 is 1.64 bits per heavy atom. The summed E-state index contributed by atoms with van der Waals surface area (Å²) in [6.45, 7) is 8.72. The predicted molar refractivity (Wildman–Crippen MR) is 55.3 cm³/mol. The van der Waals surface area contributed by atoms with E-state index in [0.29, 0.717) is 13.2 Å². The van der Waals surface area contributed by atoms with Gasteiger partial charge in [0.25, 0.3) is 0 Å². The minimum Gasteiger partial charge on any atom is -0.384 e. The number of hydrogen-bond donors (Lipinski definition) is 0. The summed E-state index contributed by atoms with van der Waals surface area (Å²) in [5.41, 5.74) is 0. The Labute approximate surface area is 96.0 Å². The Kier molecular flexibility index (Phi) is 35.8. The first-order valence-electron chi connectivity index (χ1n) is 2.87. The third-order valence-electron chi connectivity index (χ3n) is 0.705. The van der Waals surface area contributed by atoms with Crippen LogP contribution in [0.3, 0.4) is 0 Å². The molecular weight excluding hydrogens is 192 g/mol. The molecule has 0 radical (unpaired) electrons. The Morgan fingerprint density at radius 2 is 1.45 bits per heavy atom. The summed E-state index contributed by atoms with van der Waals surface area (Å²) in [6, 6.07) is 0. The minimum atomic E-state index is -0.287. The van der Waals surface area contributed by atoms with Gasteiger partial charge in [-0.2, -0.15) is 0 Å². The molecule has 0 unspecified atom stereocenters. The van der Waals surface area contributed by atoms with Crippen LogP contribution in [0.15, 0.2) is 0 Å². The Balaban J connectivity index is -0.0000000817. The van der Waals surface area contributed by atoms with Crippen LogP contribution in [0.4, 0.5) is 0 Å². The van der Waals surface area contributed by atoms with Gasteiger partial charge in [0, 0.05) is 19.5 Å². The van der Waals surface area contributed by atoms with E-state index >= 15 is 0 Å². The SMILES string of the molecule is Cl.[CH2-]C(OCC)OCC.[Mg+2].[SiH3-]. The molecule has 0 rings (SSSR count). The van der Waals surface area contributed by atoms with Crippen molar-refractivity contribution in [1.29, 1.82) is 0 Å². The molecule has 0 saturated carbocycles. The molecule has 0 fully saturated rings. The predicted octanol–water partition coefficient (Wildman–Crippen LogP) is 0.0767. The maximum absolute atomic E-state index is 4.95. The zero-order valence-electron chi connectivity index (χ0n) is 7.63. The third-order valence-corrected chi connectivity index (χ3v) is 0.705. The van der Waals surface area contributed by atoms with Gasteiger partial charge in [-0.3, -0.25) is 6.92 Å². The minimum absolute atomic E-state index is 0. The van der Waals surface area contributed by atoms with Crippen molar-refractivity contribution in [1.82, 2.24) is 0 Å². The average Bonchev–Trinajstić information content (AvgIpc) is 1.68. The summed E-state index contributed by atoms with van der Waals surface area (Å²) in [6.07, 6.45) is -0.287. The summed E-state index contributed by atoms with van der Waals surface area (Å²) in [4.78, 5) is 0. The second-order valence-electron chi connectivity index (χ2n) is 1.34. The van der Waals surface area contributed by atoms with Crippen molar-refractivity contribution in [3.63, 3.8) is 0 Å². The number of hydrogen-bond acceptors (Lipinski definition) is 2. The second-order valence-corrected chi connectivity index (χ2v) is 1.34. The first-order chi connectivity index (χ1) is 3.81. The van der Waals surface area contributed by atoms with Crippen LogP contribution < -0.4 is 0 Å². The van der Waals surface area contributed by atoms with Gasteiger partial charge in [-0.1, -0.05) is 0 Å². The fourth-order valence-electron chi connectivity index (χ4n) is 0.420. The second kappa shape index (κ2) is 17.3. The average molecular weight is 209 g/mol. The molecule has 0 aliphatic rings. The number of ether oxygens (including phenoxy) is 2. The molecule has 0 saturated heterocycles. The topological polar surface area (TPSA) is 18.5 Å². The Morgan fingerprint density at radius 1 is 1.18 bits per heavy atom. The summed E-state index contributed by atoms with van der Waals surface area (Å²) >= 11 is 0. The summed E-state index contributed by atoms with van der Waals surface area (Å²) < 4.78 is 9.90. The van der Waals surface area contributed by atoms with Gasteiger partial charge in [-0.25, -0.2) is 0 Å². The monoisotopic (exact) mass is 208 g/mol. The molecule has 0 atom stereocenters. The molecular formula is C6H17ClMgO2Si. The van der Waals surface area contributed by atoms with Crippen LogP contribution in [-0.2, 0) is 9.47 Å². The van der Waals surface area contributed by atoms with Crippen LogP contribution in [0.25, 0.3) is 0 Å². The fraction of sp³-hybridized carbons (Fsp3) is 0.833. The molecule has 0 aliphatic carbocycles. The van der Waals surface area contributed by atoms with E-state index in [1.165, 1.54) is 0 Å². The molecule has 0 heterocycles. The van der Waals surface area contributed by atoms with E-state index in [0.717, 1.165) is 0 Å². The van der Waals surface area contributed by atoms with E-state index < -0.39 is 0 Å². The van der Waals surface area contributed by atoms with Crippen LogP contribution in [0.1, 0.15) is 13.8 Å². The molecule has 0 spiro atoms. The summed E-state index contributed by atoms with van der Waals surface area (Å²) in [5.74, 6) is 0. The van der Waals surface area contributed by atoms with Gasteiger partial charge in [0.05, 0.1) is 0 Å². The standard InChI is InChI=1S/C6H13O2.ClH.Mg.H3Si/c1-4-7-6(3)8-5-2;;;/h6H,3-5H2,1-2H3;1H;;1H3/q-1;;+2;-1. The summed E-state index contributed by atoms with van der Waals surface area (Å²) in [5, 5.41) is 0. The van der Waals surface area contributed by atoms with E-state index in [4.69, 9.17) is 9.47 Å². The zero-order chi connectivity index (χ0) is 6.41. The zero-order valence-corrected chi connectivity index (χ0v) is 11.9. The fourth-order valence-corrected chi connectivity index (χ4v) is 0.420. The van der Waals surface area contributed by atoms with Crippen molar-refractivity contribution in [2.45, 2.75) is 20.1 Å². The van der Waals surface area contributed by atoms with E-state index in [2.05, 4.69) is 6.92 Å². The van der Waals surface area contributed by atoms with Gasteiger partial charge in [0.15, 0.2) is 0 Å². The molecule has 0 amide bonds. The van der Waals surface area contributed by atoms with Crippen molar-refractivity contribution >= 4 is 46.4 Å².